The summed E-state index contributed by atoms with van der Waals surface area (Å²) in [7, 11) is -3.69. The lowest BCUT2D eigenvalue weighted by Crippen LogP contribution is -2.15. The third-order valence-electron chi connectivity index (χ3n) is 5.00. The average Bonchev–Trinajstić information content (AvgIpc) is 3.12. The molecule has 4 rings (SSSR count). The molecule has 1 aliphatic rings. The number of aromatic nitrogens is 2. The average molecular weight is 355 g/mol. The van der Waals surface area contributed by atoms with E-state index in [1.54, 1.807) is 18.5 Å². The van der Waals surface area contributed by atoms with Crippen LogP contribution < -0.4 is 4.72 Å². The summed E-state index contributed by atoms with van der Waals surface area (Å²) in [6.45, 7) is 6.13. The monoisotopic (exact) mass is 355 g/mol. The van der Waals surface area contributed by atoms with Gasteiger partial charge in [0.1, 0.15) is 4.90 Å². The summed E-state index contributed by atoms with van der Waals surface area (Å²) >= 11 is 0. The maximum atomic E-state index is 13.0. The molecule has 0 bridgehead atoms. The van der Waals surface area contributed by atoms with Crippen LogP contribution in [-0.2, 0) is 29.4 Å². The van der Waals surface area contributed by atoms with Crippen molar-refractivity contribution in [3.05, 3.63) is 52.8 Å². The number of aryl methyl sites for hydroxylation is 4. The first-order chi connectivity index (χ1) is 11.9. The highest BCUT2D eigenvalue weighted by Gasteiger charge is 2.25. The Bertz CT molecular complexity index is 1090. The number of anilines is 1. The highest BCUT2D eigenvalue weighted by atomic mass is 32.2. The van der Waals surface area contributed by atoms with E-state index in [-0.39, 0.29) is 4.90 Å². The van der Waals surface area contributed by atoms with E-state index in [0.29, 0.717) is 23.6 Å². The van der Waals surface area contributed by atoms with Crippen LogP contribution in [0.2, 0.25) is 0 Å². The SMILES string of the molecule is CCn1nc(C)c(S(=O)(=O)Nc2ccc3c4c(cccc24)CC3)c1C. The Balaban J connectivity index is 1.84. The molecule has 2 aromatic carbocycles. The van der Waals surface area contributed by atoms with E-state index in [0.717, 1.165) is 18.2 Å². The summed E-state index contributed by atoms with van der Waals surface area (Å²) in [6.07, 6.45) is 2.04. The molecule has 3 aromatic rings. The number of nitrogens with zero attached hydrogens (tertiary/aromatic N) is 2. The minimum atomic E-state index is -3.69. The van der Waals surface area contributed by atoms with Gasteiger partial charge >= 0.3 is 0 Å². The number of rotatable bonds is 4. The molecule has 0 unspecified atom stereocenters. The van der Waals surface area contributed by atoms with Crippen molar-refractivity contribution in [3.8, 4) is 0 Å². The first-order valence-electron chi connectivity index (χ1n) is 8.52. The van der Waals surface area contributed by atoms with E-state index in [4.69, 9.17) is 0 Å². The van der Waals surface area contributed by atoms with Crippen molar-refractivity contribution in [2.24, 2.45) is 0 Å². The van der Waals surface area contributed by atoms with Crippen molar-refractivity contribution >= 4 is 26.5 Å². The van der Waals surface area contributed by atoms with Crippen LogP contribution in [0.5, 0.6) is 0 Å². The maximum absolute atomic E-state index is 13.0. The molecule has 5 nitrogen and oxygen atoms in total. The minimum absolute atomic E-state index is 0.276. The molecule has 0 spiro atoms. The van der Waals surface area contributed by atoms with Gasteiger partial charge < -0.3 is 0 Å². The fourth-order valence-electron chi connectivity index (χ4n) is 3.91. The van der Waals surface area contributed by atoms with Crippen LogP contribution >= 0.6 is 0 Å². The lowest BCUT2D eigenvalue weighted by atomic mass is 10.0. The van der Waals surface area contributed by atoms with Crippen molar-refractivity contribution in [1.29, 1.82) is 0 Å². The summed E-state index contributed by atoms with van der Waals surface area (Å²) in [5, 5.41) is 6.50. The zero-order chi connectivity index (χ0) is 17.8. The zero-order valence-electron chi connectivity index (χ0n) is 14.6. The van der Waals surface area contributed by atoms with Crippen LogP contribution in [-0.4, -0.2) is 18.2 Å². The molecule has 0 aliphatic heterocycles. The second-order valence-electron chi connectivity index (χ2n) is 6.53. The Kier molecular flexibility index (Phi) is 3.61. The third-order valence-corrected chi connectivity index (χ3v) is 6.62. The van der Waals surface area contributed by atoms with Crippen LogP contribution in [0.3, 0.4) is 0 Å². The highest BCUT2D eigenvalue weighted by Crippen LogP contribution is 2.36. The maximum Gasteiger partial charge on any atom is 0.265 e. The Hall–Kier alpha value is -2.34. The van der Waals surface area contributed by atoms with Crippen molar-refractivity contribution in [2.45, 2.75) is 45.1 Å². The summed E-state index contributed by atoms with van der Waals surface area (Å²) in [5.41, 5.74) is 4.40. The molecule has 0 saturated carbocycles. The first-order valence-corrected chi connectivity index (χ1v) is 10.0. The molecule has 0 saturated heterocycles. The number of nitrogens with one attached hydrogen (secondary N) is 1. The Labute approximate surface area is 147 Å². The normalized spacial score (nSPS) is 13.6. The quantitative estimate of drug-likeness (QED) is 0.778. The number of benzene rings is 2. The largest absolute Gasteiger partial charge is 0.279 e. The predicted octanol–water partition coefficient (Wildman–Crippen LogP) is 3.57. The Morgan fingerprint density at radius 1 is 1.12 bits per heavy atom. The fourth-order valence-corrected chi connectivity index (χ4v) is 5.40. The molecule has 0 fully saturated rings. The van der Waals surface area contributed by atoms with E-state index >= 15 is 0 Å². The first kappa shape index (κ1) is 16.1. The lowest BCUT2D eigenvalue weighted by molar-refractivity contribution is 0.598. The molecular formula is C19H21N3O2S. The molecule has 0 atom stereocenters. The molecule has 6 heteroatoms. The van der Waals surface area contributed by atoms with Crippen LogP contribution in [0, 0.1) is 13.8 Å². The highest BCUT2D eigenvalue weighted by molar-refractivity contribution is 7.92. The predicted molar refractivity (Wildman–Crippen MR) is 99.5 cm³/mol. The van der Waals surface area contributed by atoms with Crippen LogP contribution in [0.15, 0.2) is 35.2 Å². The summed E-state index contributed by atoms with van der Waals surface area (Å²) in [5.74, 6) is 0. The van der Waals surface area contributed by atoms with Gasteiger partial charge in [0.2, 0.25) is 0 Å². The van der Waals surface area contributed by atoms with E-state index in [9.17, 15) is 8.42 Å². The van der Waals surface area contributed by atoms with Gasteiger partial charge in [-0.2, -0.15) is 5.10 Å². The van der Waals surface area contributed by atoms with Gasteiger partial charge in [0, 0.05) is 11.9 Å². The molecule has 1 aliphatic carbocycles. The fraction of sp³-hybridized carbons (Fsp3) is 0.316. The van der Waals surface area contributed by atoms with Gasteiger partial charge in [-0.1, -0.05) is 24.3 Å². The lowest BCUT2D eigenvalue weighted by Gasteiger charge is -2.12. The smallest absolute Gasteiger partial charge is 0.265 e. The van der Waals surface area contributed by atoms with Gasteiger partial charge in [0.15, 0.2) is 0 Å². The van der Waals surface area contributed by atoms with E-state index < -0.39 is 10.0 Å². The van der Waals surface area contributed by atoms with Gasteiger partial charge in [0.05, 0.1) is 17.1 Å². The van der Waals surface area contributed by atoms with Crippen molar-refractivity contribution in [1.82, 2.24) is 9.78 Å². The van der Waals surface area contributed by atoms with Gasteiger partial charge in [-0.25, -0.2) is 8.42 Å². The zero-order valence-corrected chi connectivity index (χ0v) is 15.4. The second-order valence-corrected chi connectivity index (χ2v) is 8.15. The Morgan fingerprint density at radius 2 is 1.84 bits per heavy atom. The molecule has 1 heterocycles. The van der Waals surface area contributed by atoms with E-state index in [2.05, 4.69) is 15.9 Å². The molecular weight excluding hydrogens is 334 g/mol. The van der Waals surface area contributed by atoms with E-state index in [1.165, 1.54) is 16.5 Å². The van der Waals surface area contributed by atoms with Crippen molar-refractivity contribution in [2.75, 3.05) is 4.72 Å². The number of hydrogen-bond donors (Lipinski definition) is 1. The molecule has 25 heavy (non-hydrogen) atoms. The van der Waals surface area contributed by atoms with Crippen molar-refractivity contribution < 1.29 is 8.42 Å². The Morgan fingerprint density at radius 3 is 2.52 bits per heavy atom. The van der Waals surface area contributed by atoms with Gasteiger partial charge in [-0.05, 0) is 56.2 Å². The van der Waals surface area contributed by atoms with Crippen molar-refractivity contribution in [3.63, 3.8) is 0 Å². The molecule has 0 amide bonds. The molecule has 1 aromatic heterocycles. The molecule has 0 radical (unpaired) electrons. The van der Waals surface area contributed by atoms with E-state index in [1.807, 2.05) is 31.2 Å². The number of hydrogen-bond acceptors (Lipinski definition) is 3. The summed E-state index contributed by atoms with van der Waals surface area (Å²) in [4.78, 5) is 0.276. The molecule has 1 N–H and O–H groups in total. The third kappa shape index (κ3) is 2.43. The van der Waals surface area contributed by atoms with Gasteiger partial charge in [-0.3, -0.25) is 9.40 Å². The standard InChI is InChI=1S/C19H21N3O2S/c1-4-22-13(3)19(12(2)20-22)25(23,24)21-17-11-10-15-9-8-14-6-5-7-16(17)18(14)15/h5-7,10-11,21H,4,8-9H2,1-3H3. The second kappa shape index (κ2) is 5.59. The van der Waals surface area contributed by atoms with Crippen LogP contribution in [0.4, 0.5) is 5.69 Å². The summed E-state index contributed by atoms with van der Waals surface area (Å²) in [6, 6.07) is 10.0. The van der Waals surface area contributed by atoms with Gasteiger partial charge in [-0.15, -0.1) is 0 Å². The minimum Gasteiger partial charge on any atom is -0.279 e. The van der Waals surface area contributed by atoms with Gasteiger partial charge in [0.25, 0.3) is 10.0 Å². The summed E-state index contributed by atoms with van der Waals surface area (Å²) < 4.78 is 30.6. The van der Waals surface area contributed by atoms with Crippen LogP contribution in [0.1, 0.15) is 29.4 Å². The molecule has 130 valence electrons. The van der Waals surface area contributed by atoms with Crippen LogP contribution in [0.25, 0.3) is 10.8 Å². The number of sulfonamides is 1. The topological polar surface area (TPSA) is 64.0 Å².